The fourth-order valence-electron chi connectivity index (χ4n) is 3.08. The van der Waals surface area contributed by atoms with E-state index in [0.29, 0.717) is 6.42 Å². The molecule has 0 aliphatic carbocycles. The van der Waals surface area contributed by atoms with Crippen LogP contribution in [0.4, 0.5) is 0 Å². The minimum absolute atomic E-state index is 0.0328. The number of Topliss-reactive ketones (excluding diaryl/α,β-unsaturated/α-hetero) is 1. The summed E-state index contributed by atoms with van der Waals surface area (Å²) in [5.41, 5.74) is 1.35. The summed E-state index contributed by atoms with van der Waals surface area (Å²) in [6, 6.07) is 10.5. The number of rotatable bonds is 12. The number of sulfonamides is 1. The quantitative estimate of drug-likeness (QED) is 0.376. The Labute approximate surface area is 182 Å². The van der Waals surface area contributed by atoms with Crippen molar-refractivity contribution in [2.45, 2.75) is 30.6 Å². The monoisotopic (exact) mass is 454 g/mol. The summed E-state index contributed by atoms with van der Waals surface area (Å²) in [5, 5.41) is 8.59. The van der Waals surface area contributed by atoms with Crippen LogP contribution < -0.4 is 19.9 Å². The molecule has 0 unspecified atom stereocenters. The first-order valence-corrected chi connectivity index (χ1v) is 11.5. The lowest BCUT2D eigenvalue weighted by atomic mass is 10.1. The lowest BCUT2D eigenvalue weighted by Gasteiger charge is -2.11. The van der Waals surface area contributed by atoms with Crippen molar-refractivity contribution < 1.29 is 22.7 Å². The van der Waals surface area contributed by atoms with Gasteiger partial charge in [0.15, 0.2) is 11.5 Å². The maximum absolute atomic E-state index is 12.5. The van der Waals surface area contributed by atoms with E-state index in [-0.39, 0.29) is 33.4 Å². The van der Waals surface area contributed by atoms with Gasteiger partial charge in [0.1, 0.15) is 10.6 Å². The molecule has 0 amide bonds. The molecule has 2 aromatic carbocycles. The van der Waals surface area contributed by atoms with Crippen molar-refractivity contribution in [3.63, 3.8) is 0 Å². The smallest absolute Gasteiger partial charge is 0.241 e. The predicted octanol–water partition coefficient (Wildman–Crippen LogP) is 3.19. The molecule has 0 heterocycles. The van der Waals surface area contributed by atoms with Crippen molar-refractivity contribution in [2.75, 3.05) is 27.3 Å². The summed E-state index contributed by atoms with van der Waals surface area (Å²) in [4.78, 5) is 12.2. The molecule has 0 spiro atoms. The standard InChI is InChI=1S/C21H27ClN2O5S/c1-28-19-9-4-3-7-15(19)10-12-24-11-6-5-8-18(25)16-13-17(22)21(29-2)20(14-16)30(23,26)27/h3-4,7,9,13-14,24H,5-6,8,10-12H2,1-2H3,(H2,23,26,27). The van der Waals surface area contributed by atoms with Crippen LogP contribution in [0.15, 0.2) is 41.3 Å². The second kappa shape index (κ2) is 11.3. The third-order valence-corrected chi connectivity index (χ3v) is 5.81. The average Bonchev–Trinajstić information content (AvgIpc) is 2.71. The van der Waals surface area contributed by atoms with Gasteiger partial charge in [0.25, 0.3) is 0 Å². The van der Waals surface area contributed by atoms with Crippen molar-refractivity contribution in [1.82, 2.24) is 5.32 Å². The van der Waals surface area contributed by atoms with E-state index in [0.717, 1.165) is 37.2 Å². The van der Waals surface area contributed by atoms with Crippen molar-refractivity contribution in [1.29, 1.82) is 0 Å². The molecule has 0 saturated heterocycles. The maximum atomic E-state index is 12.5. The van der Waals surface area contributed by atoms with Crippen LogP contribution in [0.3, 0.4) is 0 Å². The van der Waals surface area contributed by atoms with E-state index in [1.807, 2.05) is 24.3 Å². The molecule has 0 saturated carbocycles. The highest BCUT2D eigenvalue weighted by Gasteiger charge is 2.21. The number of carbonyl (C=O) groups excluding carboxylic acids is 1. The molecule has 0 aliphatic rings. The molecule has 0 radical (unpaired) electrons. The normalized spacial score (nSPS) is 11.3. The molecule has 2 aromatic rings. The molecule has 0 fully saturated rings. The molecule has 0 atom stereocenters. The largest absolute Gasteiger partial charge is 0.496 e. The first-order chi connectivity index (χ1) is 14.3. The number of ether oxygens (including phenoxy) is 2. The molecular weight excluding hydrogens is 428 g/mol. The van der Waals surface area contributed by atoms with Crippen LogP contribution in [0.25, 0.3) is 0 Å². The Balaban J connectivity index is 1.80. The van der Waals surface area contributed by atoms with Gasteiger partial charge in [-0.05, 0) is 56.1 Å². The lowest BCUT2D eigenvalue weighted by molar-refractivity contribution is 0.0979. The zero-order valence-electron chi connectivity index (χ0n) is 17.1. The van der Waals surface area contributed by atoms with Gasteiger partial charge in [-0.25, -0.2) is 13.6 Å². The van der Waals surface area contributed by atoms with Crippen molar-refractivity contribution >= 4 is 27.4 Å². The Morgan fingerprint density at radius 1 is 1.10 bits per heavy atom. The van der Waals surface area contributed by atoms with Crippen molar-refractivity contribution in [3.8, 4) is 11.5 Å². The SMILES string of the molecule is COc1ccccc1CCNCCCCC(=O)c1cc(Cl)c(OC)c(S(N)(=O)=O)c1. The van der Waals surface area contributed by atoms with Gasteiger partial charge in [0.05, 0.1) is 19.2 Å². The lowest BCUT2D eigenvalue weighted by Crippen LogP contribution is -2.19. The number of hydrogen-bond donors (Lipinski definition) is 2. The van der Waals surface area contributed by atoms with E-state index in [1.165, 1.54) is 19.2 Å². The summed E-state index contributed by atoms with van der Waals surface area (Å²) in [7, 11) is -1.12. The molecule has 3 N–H and O–H groups in total. The van der Waals surface area contributed by atoms with E-state index in [1.54, 1.807) is 7.11 Å². The van der Waals surface area contributed by atoms with Crippen LogP contribution in [0.5, 0.6) is 11.5 Å². The van der Waals surface area contributed by atoms with Crippen LogP contribution in [-0.4, -0.2) is 41.5 Å². The molecule has 0 bridgehead atoms. The third-order valence-electron chi connectivity index (χ3n) is 4.61. The summed E-state index contributed by atoms with van der Waals surface area (Å²) in [5.74, 6) is 0.621. The Kier molecular flexibility index (Phi) is 9.10. The van der Waals surface area contributed by atoms with Crippen LogP contribution in [0.1, 0.15) is 35.2 Å². The number of carbonyl (C=O) groups is 1. The molecule has 0 aliphatic heterocycles. The first kappa shape index (κ1) is 24.1. The first-order valence-electron chi connectivity index (χ1n) is 9.54. The Morgan fingerprint density at radius 2 is 1.83 bits per heavy atom. The molecule has 7 nitrogen and oxygen atoms in total. The highest BCUT2D eigenvalue weighted by atomic mass is 35.5. The van der Waals surface area contributed by atoms with Crippen LogP contribution in [0, 0.1) is 0 Å². The molecule has 2 rings (SSSR count). The Morgan fingerprint density at radius 3 is 2.50 bits per heavy atom. The second-order valence-corrected chi connectivity index (χ2v) is 8.66. The van der Waals surface area contributed by atoms with Crippen LogP contribution >= 0.6 is 11.6 Å². The molecule has 0 aromatic heterocycles. The number of benzene rings is 2. The van der Waals surface area contributed by atoms with E-state index < -0.39 is 10.0 Å². The van der Waals surface area contributed by atoms with Crippen LogP contribution in [-0.2, 0) is 16.4 Å². The zero-order chi connectivity index (χ0) is 22.1. The Hall–Kier alpha value is -2.13. The van der Waals surface area contributed by atoms with Gasteiger partial charge in [-0.2, -0.15) is 0 Å². The summed E-state index contributed by atoms with van der Waals surface area (Å²) >= 11 is 6.06. The van der Waals surface area contributed by atoms with E-state index in [2.05, 4.69) is 5.32 Å². The summed E-state index contributed by atoms with van der Waals surface area (Å²) in [6.45, 7) is 1.58. The van der Waals surface area contributed by atoms with Gasteiger partial charge in [-0.3, -0.25) is 4.79 Å². The number of hydrogen-bond acceptors (Lipinski definition) is 6. The van der Waals surface area contributed by atoms with Crippen molar-refractivity contribution in [2.24, 2.45) is 5.14 Å². The topological polar surface area (TPSA) is 108 Å². The molecule has 164 valence electrons. The van der Waals surface area contributed by atoms with Gasteiger partial charge in [-0.15, -0.1) is 0 Å². The number of methoxy groups -OCH3 is 2. The highest BCUT2D eigenvalue weighted by molar-refractivity contribution is 7.89. The zero-order valence-corrected chi connectivity index (χ0v) is 18.7. The number of unbranched alkanes of at least 4 members (excludes halogenated alkanes) is 1. The molecular formula is C21H27ClN2O5S. The fourth-order valence-corrected chi connectivity index (χ4v) is 4.17. The summed E-state index contributed by atoms with van der Waals surface area (Å²) < 4.78 is 33.8. The van der Waals surface area contributed by atoms with Gasteiger partial charge in [0, 0.05) is 12.0 Å². The minimum Gasteiger partial charge on any atom is -0.496 e. The number of halogens is 1. The molecule has 9 heteroatoms. The van der Waals surface area contributed by atoms with E-state index in [4.69, 9.17) is 26.2 Å². The number of nitrogens with one attached hydrogen (secondary N) is 1. The fraction of sp³-hybridized carbons (Fsp3) is 0.381. The number of nitrogens with two attached hydrogens (primary N) is 1. The maximum Gasteiger partial charge on any atom is 0.241 e. The van der Waals surface area contributed by atoms with Crippen LogP contribution in [0.2, 0.25) is 5.02 Å². The van der Waals surface area contributed by atoms with Gasteiger partial charge in [0.2, 0.25) is 10.0 Å². The van der Waals surface area contributed by atoms with E-state index >= 15 is 0 Å². The second-order valence-electron chi connectivity index (χ2n) is 6.73. The molecule has 30 heavy (non-hydrogen) atoms. The average molecular weight is 455 g/mol. The van der Waals surface area contributed by atoms with Crippen molar-refractivity contribution in [3.05, 3.63) is 52.5 Å². The van der Waals surface area contributed by atoms with Gasteiger partial charge in [-0.1, -0.05) is 29.8 Å². The number of ketones is 1. The predicted molar refractivity (Wildman–Crippen MR) is 117 cm³/mol. The van der Waals surface area contributed by atoms with Gasteiger partial charge < -0.3 is 14.8 Å². The number of primary sulfonamides is 1. The number of para-hydroxylation sites is 1. The Bertz CT molecular complexity index is 979. The summed E-state index contributed by atoms with van der Waals surface area (Å²) in [6.07, 6.45) is 2.60. The highest BCUT2D eigenvalue weighted by Crippen LogP contribution is 2.33. The van der Waals surface area contributed by atoms with E-state index in [9.17, 15) is 13.2 Å². The minimum atomic E-state index is -4.07. The third kappa shape index (κ3) is 6.70. The van der Waals surface area contributed by atoms with Gasteiger partial charge >= 0.3 is 0 Å².